The SMILES string of the molecule is Cc1sccc1C(C)(F)CC1CCCCN1. The van der Waals surface area contributed by atoms with Crippen molar-refractivity contribution in [3.05, 3.63) is 21.9 Å². The normalized spacial score (nSPS) is 25.3. The molecule has 1 saturated heterocycles. The molecule has 1 nitrogen and oxygen atoms in total. The van der Waals surface area contributed by atoms with Crippen LogP contribution in [0.5, 0.6) is 0 Å². The fourth-order valence-corrected chi connectivity index (χ4v) is 3.41. The third-order valence-corrected chi connectivity index (χ3v) is 4.31. The molecular weight excluding hydrogens is 221 g/mol. The molecule has 0 saturated carbocycles. The monoisotopic (exact) mass is 241 g/mol. The van der Waals surface area contributed by atoms with Gasteiger partial charge in [0.15, 0.2) is 0 Å². The molecule has 90 valence electrons. The predicted molar refractivity (Wildman–Crippen MR) is 67.8 cm³/mol. The molecule has 1 aliphatic rings. The van der Waals surface area contributed by atoms with Crippen molar-refractivity contribution in [2.45, 2.75) is 51.2 Å². The summed E-state index contributed by atoms with van der Waals surface area (Å²) in [4.78, 5) is 1.11. The van der Waals surface area contributed by atoms with Crippen molar-refractivity contribution in [3.63, 3.8) is 0 Å². The van der Waals surface area contributed by atoms with Gasteiger partial charge in [-0.1, -0.05) is 6.42 Å². The lowest BCUT2D eigenvalue weighted by atomic mass is 9.88. The highest BCUT2D eigenvalue weighted by atomic mass is 32.1. The molecule has 1 aromatic heterocycles. The molecular formula is C13H20FNS. The summed E-state index contributed by atoms with van der Waals surface area (Å²) in [5.74, 6) is 0. The van der Waals surface area contributed by atoms with Gasteiger partial charge in [0.2, 0.25) is 0 Å². The first-order valence-corrected chi connectivity index (χ1v) is 6.94. The second-order valence-corrected chi connectivity index (χ2v) is 6.06. The number of piperidine rings is 1. The molecule has 1 aromatic rings. The molecule has 0 aliphatic carbocycles. The maximum absolute atomic E-state index is 14.7. The summed E-state index contributed by atoms with van der Waals surface area (Å²) in [6.07, 6.45) is 4.18. The van der Waals surface area contributed by atoms with Crippen molar-refractivity contribution in [2.75, 3.05) is 6.54 Å². The summed E-state index contributed by atoms with van der Waals surface area (Å²) >= 11 is 1.63. The topological polar surface area (TPSA) is 12.0 Å². The van der Waals surface area contributed by atoms with Gasteiger partial charge in [0, 0.05) is 22.9 Å². The van der Waals surface area contributed by atoms with Crippen molar-refractivity contribution in [3.8, 4) is 0 Å². The first-order valence-electron chi connectivity index (χ1n) is 6.06. The summed E-state index contributed by atoms with van der Waals surface area (Å²) < 4.78 is 14.7. The molecule has 0 bridgehead atoms. The zero-order valence-electron chi connectivity index (χ0n) is 10.1. The standard InChI is InChI=1S/C13H20FNS/c1-10-12(6-8-16-10)13(2,14)9-11-5-3-4-7-15-11/h6,8,11,15H,3-5,7,9H2,1-2H3. The van der Waals surface area contributed by atoms with Crippen LogP contribution >= 0.6 is 11.3 Å². The molecule has 2 unspecified atom stereocenters. The largest absolute Gasteiger partial charge is 0.314 e. The van der Waals surface area contributed by atoms with Gasteiger partial charge in [-0.3, -0.25) is 0 Å². The average molecular weight is 241 g/mol. The van der Waals surface area contributed by atoms with Crippen LogP contribution in [-0.4, -0.2) is 12.6 Å². The average Bonchev–Trinajstić information content (AvgIpc) is 2.66. The molecule has 1 fully saturated rings. The minimum Gasteiger partial charge on any atom is -0.314 e. The van der Waals surface area contributed by atoms with Gasteiger partial charge in [-0.2, -0.15) is 0 Å². The molecule has 0 radical (unpaired) electrons. The van der Waals surface area contributed by atoms with Gasteiger partial charge in [-0.15, -0.1) is 11.3 Å². The highest BCUT2D eigenvalue weighted by molar-refractivity contribution is 7.10. The van der Waals surface area contributed by atoms with Crippen molar-refractivity contribution < 1.29 is 4.39 Å². The van der Waals surface area contributed by atoms with E-state index in [4.69, 9.17) is 0 Å². The van der Waals surface area contributed by atoms with Crippen LogP contribution in [0.1, 0.15) is 43.0 Å². The van der Waals surface area contributed by atoms with Crippen molar-refractivity contribution in [1.82, 2.24) is 5.32 Å². The Hall–Kier alpha value is -0.410. The fraction of sp³-hybridized carbons (Fsp3) is 0.692. The molecule has 0 aromatic carbocycles. The lowest BCUT2D eigenvalue weighted by molar-refractivity contribution is 0.146. The van der Waals surface area contributed by atoms with Crippen LogP contribution in [0.4, 0.5) is 4.39 Å². The molecule has 0 spiro atoms. The maximum Gasteiger partial charge on any atom is 0.135 e. The van der Waals surface area contributed by atoms with E-state index in [0.717, 1.165) is 23.4 Å². The minimum atomic E-state index is -1.18. The second-order valence-electron chi connectivity index (χ2n) is 4.94. The number of thiophene rings is 1. The molecule has 2 rings (SSSR count). The zero-order valence-corrected chi connectivity index (χ0v) is 10.9. The lowest BCUT2D eigenvalue weighted by Crippen LogP contribution is -2.38. The van der Waals surface area contributed by atoms with E-state index in [1.54, 1.807) is 18.3 Å². The summed E-state index contributed by atoms with van der Waals surface area (Å²) in [6, 6.07) is 2.28. The zero-order chi connectivity index (χ0) is 11.6. The van der Waals surface area contributed by atoms with Crippen LogP contribution in [0.2, 0.25) is 0 Å². The summed E-state index contributed by atoms with van der Waals surface area (Å²) in [7, 11) is 0. The van der Waals surface area contributed by atoms with Crippen LogP contribution in [0.25, 0.3) is 0 Å². The number of hydrogen-bond donors (Lipinski definition) is 1. The van der Waals surface area contributed by atoms with E-state index < -0.39 is 5.67 Å². The van der Waals surface area contributed by atoms with E-state index >= 15 is 0 Å². The minimum absolute atomic E-state index is 0.350. The van der Waals surface area contributed by atoms with Crippen LogP contribution in [0.15, 0.2) is 11.4 Å². The Bertz CT molecular complexity index is 339. The molecule has 2 atom stereocenters. The number of nitrogens with one attached hydrogen (secondary N) is 1. The van der Waals surface area contributed by atoms with E-state index in [1.807, 2.05) is 18.4 Å². The second kappa shape index (κ2) is 4.84. The van der Waals surface area contributed by atoms with E-state index in [1.165, 1.54) is 12.8 Å². The van der Waals surface area contributed by atoms with Gasteiger partial charge in [0.1, 0.15) is 5.67 Å². The van der Waals surface area contributed by atoms with Crippen LogP contribution < -0.4 is 5.32 Å². The highest BCUT2D eigenvalue weighted by Gasteiger charge is 2.32. The number of hydrogen-bond acceptors (Lipinski definition) is 2. The smallest absolute Gasteiger partial charge is 0.135 e. The molecule has 1 aliphatic heterocycles. The van der Waals surface area contributed by atoms with E-state index in [9.17, 15) is 4.39 Å². The van der Waals surface area contributed by atoms with Gasteiger partial charge in [-0.05, 0) is 44.7 Å². The third kappa shape index (κ3) is 2.64. The fourth-order valence-electron chi connectivity index (χ4n) is 2.60. The van der Waals surface area contributed by atoms with E-state index in [2.05, 4.69) is 5.32 Å². The van der Waals surface area contributed by atoms with Crippen molar-refractivity contribution in [2.24, 2.45) is 0 Å². The van der Waals surface area contributed by atoms with Gasteiger partial charge in [-0.25, -0.2) is 4.39 Å². The van der Waals surface area contributed by atoms with Gasteiger partial charge in [0.25, 0.3) is 0 Å². The quantitative estimate of drug-likeness (QED) is 0.849. The molecule has 3 heteroatoms. The Morgan fingerprint density at radius 2 is 2.38 bits per heavy atom. The Kier molecular flexibility index (Phi) is 3.65. The molecule has 0 amide bonds. The van der Waals surface area contributed by atoms with Crippen molar-refractivity contribution in [1.29, 1.82) is 0 Å². The van der Waals surface area contributed by atoms with Gasteiger partial charge < -0.3 is 5.32 Å². The predicted octanol–water partition coefficient (Wildman–Crippen LogP) is 3.77. The Morgan fingerprint density at radius 3 is 2.94 bits per heavy atom. The first kappa shape index (κ1) is 12.1. The third-order valence-electron chi connectivity index (χ3n) is 3.46. The van der Waals surface area contributed by atoms with E-state index in [-0.39, 0.29) is 0 Å². The molecule has 16 heavy (non-hydrogen) atoms. The molecule has 1 N–H and O–H groups in total. The number of aryl methyl sites for hydroxylation is 1. The first-order chi connectivity index (χ1) is 7.59. The Labute approximate surface area is 101 Å². The van der Waals surface area contributed by atoms with Crippen molar-refractivity contribution >= 4 is 11.3 Å². The molecule has 2 heterocycles. The number of rotatable bonds is 3. The van der Waals surface area contributed by atoms with Crippen LogP contribution in [0, 0.1) is 6.92 Å². The summed E-state index contributed by atoms with van der Waals surface area (Å²) in [5.41, 5.74) is -0.302. The summed E-state index contributed by atoms with van der Waals surface area (Å²) in [6.45, 7) is 4.77. The van der Waals surface area contributed by atoms with Crippen LogP contribution in [0.3, 0.4) is 0 Å². The van der Waals surface area contributed by atoms with Gasteiger partial charge >= 0.3 is 0 Å². The Balaban J connectivity index is 2.04. The summed E-state index contributed by atoms with van der Waals surface area (Å²) in [5, 5.41) is 5.40. The maximum atomic E-state index is 14.7. The number of alkyl halides is 1. The Morgan fingerprint density at radius 1 is 1.56 bits per heavy atom. The van der Waals surface area contributed by atoms with Gasteiger partial charge in [0.05, 0.1) is 0 Å². The highest BCUT2D eigenvalue weighted by Crippen LogP contribution is 2.36. The van der Waals surface area contributed by atoms with E-state index in [0.29, 0.717) is 12.5 Å². The lowest BCUT2D eigenvalue weighted by Gasteiger charge is -2.30. The van der Waals surface area contributed by atoms with Crippen LogP contribution in [-0.2, 0) is 5.67 Å². The number of halogens is 1.